The highest BCUT2D eigenvalue weighted by Crippen LogP contribution is 2.22. The molecule has 9 heteroatoms. The third-order valence-corrected chi connectivity index (χ3v) is 10.5. The molecule has 1 aliphatic rings. The van der Waals surface area contributed by atoms with Crippen LogP contribution in [-0.4, -0.2) is 55.1 Å². The molecular weight excluding hydrogens is 618 g/mol. The minimum atomic E-state index is -3.51. The van der Waals surface area contributed by atoms with Crippen LogP contribution in [0.15, 0.2) is 114 Å². The average molecular weight is 658 g/mol. The minimum absolute atomic E-state index is 0.161. The van der Waals surface area contributed by atoms with Crippen LogP contribution in [0.4, 0.5) is 0 Å². The largest absolute Gasteiger partial charge is 0.354 e. The predicted molar refractivity (Wildman–Crippen MR) is 182 cm³/mol. The summed E-state index contributed by atoms with van der Waals surface area (Å²) in [6.45, 7) is 1.79. The zero-order chi connectivity index (χ0) is 32.4. The molecule has 7 nitrogen and oxygen atoms in total. The van der Waals surface area contributed by atoms with E-state index in [9.17, 15) is 18.0 Å². The van der Waals surface area contributed by atoms with Crippen LogP contribution in [0.5, 0.6) is 0 Å². The summed E-state index contributed by atoms with van der Waals surface area (Å²) in [5, 5.41) is 3.68. The number of rotatable bonds is 14. The maximum atomic E-state index is 14.0. The summed E-state index contributed by atoms with van der Waals surface area (Å²) in [4.78, 5) is 29.8. The fourth-order valence-electron chi connectivity index (χ4n) is 5.73. The number of halogens is 1. The zero-order valence-corrected chi connectivity index (χ0v) is 27.4. The lowest BCUT2D eigenvalue weighted by Gasteiger charge is -2.32. The first kappa shape index (κ1) is 33.4. The molecule has 0 aliphatic carbocycles. The van der Waals surface area contributed by atoms with Gasteiger partial charge in [-0.2, -0.15) is 4.31 Å². The Hall–Kier alpha value is -3.98. The summed E-state index contributed by atoms with van der Waals surface area (Å²) < 4.78 is 27.4. The fourth-order valence-corrected chi connectivity index (χ4v) is 7.38. The molecule has 0 radical (unpaired) electrons. The van der Waals surface area contributed by atoms with Crippen molar-refractivity contribution in [2.45, 2.75) is 56.0 Å². The first-order chi connectivity index (χ1) is 22.3. The van der Waals surface area contributed by atoms with Crippen molar-refractivity contribution in [3.8, 4) is 0 Å². The van der Waals surface area contributed by atoms with Crippen LogP contribution in [0.3, 0.4) is 0 Å². The van der Waals surface area contributed by atoms with Crippen LogP contribution in [0, 0.1) is 0 Å². The standard InChI is InChI=1S/C37H40ClN3O4S/c38-33-18-13-32(14-19-33)28-41(36(42)22-17-30-15-20-34(21-16-30)46(44,45)40-25-7-8-26-40)35(27-31-11-5-2-6-12-31)37(43)39-24-23-29-9-3-1-4-10-29/h1-6,9-16,18-21,35H,7-8,17,22-28H2,(H,39,43)/t35-/m1/s1. The Labute approximate surface area is 277 Å². The van der Waals surface area contributed by atoms with E-state index in [1.54, 1.807) is 41.3 Å². The van der Waals surface area contributed by atoms with E-state index in [4.69, 9.17) is 11.6 Å². The molecule has 0 spiro atoms. The van der Waals surface area contributed by atoms with Crippen molar-refractivity contribution in [1.82, 2.24) is 14.5 Å². The van der Waals surface area contributed by atoms with Gasteiger partial charge in [0.15, 0.2) is 0 Å². The van der Waals surface area contributed by atoms with E-state index >= 15 is 0 Å². The Kier molecular flexibility index (Phi) is 11.6. The predicted octanol–water partition coefficient (Wildman–Crippen LogP) is 6.06. The van der Waals surface area contributed by atoms with Gasteiger partial charge in [0.2, 0.25) is 21.8 Å². The lowest BCUT2D eigenvalue weighted by molar-refractivity contribution is -0.141. The van der Waals surface area contributed by atoms with E-state index in [-0.39, 0.29) is 29.7 Å². The van der Waals surface area contributed by atoms with Crippen molar-refractivity contribution in [1.29, 1.82) is 0 Å². The Balaban J connectivity index is 1.34. The molecule has 0 saturated carbocycles. The fraction of sp³-hybridized carbons (Fsp3) is 0.297. The van der Waals surface area contributed by atoms with Crippen LogP contribution in [0.25, 0.3) is 0 Å². The molecule has 1 fully saturated rings. The maximum absolute atomic E-state index is 14.0. The summed E-state index contributed by atoms with van der Waals surface area (Å²) in [6, 6.07) is 33.0. The first-order valence-electron chi connectivity index (χ1n) is 15.8. The molecule has 4 aromatic carbocycles. The van der Waals surface area contributed by atoms with Crippen molar-refractivity contribution in [2.24, 2.45) is 0 Å². The second-order valence-electron chi connectivity index (χ2n) is 11.6. The van der Waals surface area contributed by atoms with E-state index in [2.05, 4.69) is 5.32 Å². The van der Waals surface area contributed by atoms with Crippen LogP contribution < -0.4 is 5.32 Å². The molecular formula is C37H40ClN3O4S. The molecule has 0 aromatic heterocycles. The van der Waals surface area contributed by atoms with Gasteiger partial charge in [0.1, 0.15) is 6.04 Å². The summed E-state index contributed by atoms with van der Waals surface area (Å²) >= 11 is 6.15. The molecule has 2 amide bonds. The van der Waals surface area contributed by atoms with Crippen LogP contribution in [0.2, 0.25) is 5.02 Å². The third-order valence-electron chi connectivity index (χ3n) is 8.35. The summed E-state index contributed by atoms with van der Waals surface area (Å²) in [7, 11) is -3.51. The van der Waals surface area contributed by atoms with Gasteiger partial charge in [0, 0.05) is 44.0 Å². The van der Waals surface area contributed by atoms with Gasteiger partial charge in [0.05, 0.1) is 4.90 Å². The highest BCUT2D eigenvalue weighted by Gasteiger charge is 2.30. The molecule has 0 bridgehead atoms. The van der Waals surface area contributed by atoms with Crippen molar-refractivity contribution in [3.63, 3.8) is 0 Å². The highest BCUT2D eigenvalue weighted by molar-refractivity contribution is 7.89. The number of hydrogen-bond acceptors (Lipinski definition) is 4. The van der Waals surface area contributed by atoms with Crippen LogP contribution in [-0.2, 0) is 45.4 Å². The smallest absolute Gasteiger partial charge is 0.243 e. The molecule has 1 atom stereocenters. The van der Waals surface area contributed by atoms with E-state index < -0.39 is 16.1 Å². The number of nitrogens with one attached hydrogen (secondary N) is 1. The van der Waals surface area contributed by atoms with E-state index in [0.29, 0.717) is 43.9 Å². The number of nitrogens with zero attached hydrogens (tertiary/aromatic N) is 2. The second kappa shape index (κ2) is 16.0. The van der Waals surface area contributed by atoms with Crippen molar-refractivity contribution in [2.75, 3.05) is 19.6 Å². The maximum Gasteiger partial charge on any atom is 0.243 e. The molecule has 0 unspecified atom stereocenters. The van der Waals surface area contributed by atoms with Gasteiger partial charge in [-0.25, -0.2) is 8.42 Å². The van der Waals surface area contributed by atoms with Gasteiger partial charge >= 0.3 is 0 Å². The van der Waals surface area contributed by atoms with E-state index in [0.717, 1.165) is 35.1 Å². The molecule has 5 rings (SSSR count). The number of aryl methyl sites for hydroxylation is 1. The Morgan fingerprint density at radius 1 is 0.739 bits per heavy atom. The Morgan fingerprint density at radius 2 is 1.30 bits per heavy atom. The van der Waals surface area contributed by atoms with Gasteiger partial charge in [-0.1, -0.05) is 96.5 Å². The number of amides is 2. The molecule has 4 aromatic rings. The number of benzene rings is 4. The second-order valence-corrected chi connectivity index (χ2v) is 14.0. The van der Waals surface area contributed by atoms with E-state index in [1.165, 1.54) is 4.31 Å². The van der Waals surface area contributed by atoms with Crippen molar-refractivity contribution >= 4 is 33.4 Å². The molecule has 1 N–H and O–H groups in total. The topological polar surface area (TPSA) is 86.8 Å². The monoisotopic (exact) mass is 657 g/mol. The van der Waals surface area contributed by atoms with Gasteiger partial charge in [-0.05, 0) is 72.2 Å². The summed E-state index contributed by atoms with van der Waals surface area (Å²) in [6.07, 6.45) is 3.37. The number of hydrogen-bond donors (Lipinski definition) is 1. The lowest BCUT2D eigenvalue weighted by atomic mass is 10.0. The Bertz CT molecular complexity index is 1680. The summed E-state index contributed by atoms with van der Waals surface area (Å²) in [5.41, 5.74) is 3.79. The number of carbonyl (C=O) groups is 2. The molecule has 240 valence electrons. The number of sulfonamides is 1. The normalized spacial score (nSPS) is 14.1. The first-order valence-corrected chi connectivity index (χ1v) is 17.6. The number of carbonyl (C=O) groups excluding carboxylic acids is 2. The highest BCUT2D eigenvalue weighted by atomic mass is 35.5. The van der Waals surface area contributed by atoms with E-state index in [1.807, 2.05) is 72.8 Å². The molecule has 46 heavy (non-hydrogen) atoms. The van der Waals surface area contributed by atoms with Crippen LogP contribution >= 0.6 is 11.6 Å². The molecule has 1 heterocycles. The minimum Gasteiger partial charge on any atom is -0.354 e. The van der Waals surface area contributed by atoms with Crippen molar-refractivity contribution in [3.05, 3.63) is 136 Å². The van der Waals surface area contributed by atoms with Gasteiger partial charge in [-0.3, -0.25) is 9.59 Å². The van der Waals surface area contributed by atoms with Gasteiger partial charge in [0.25, 0.3) is 0 Å². The summed E-state index contributed by atoms with van der Waals surface area (Å²) in [5.74, 6) is -0.374. The third kappa shape index (κ3) is 9.06. The van der Waals surface area contributed by atoms with Gasteiger partial charge in [-0.15, -0.1) is 0 Å². The van der Waals surface area contributed by atoms with Gasteiger partial charge < -0.3 is 10.2 Å². The quantitative estimate of drug-likeness (QED) is 0.179. The zero-order valence-electron chi connectivity index (χ0n) is 25.9. The SMILES string of the molecule is O=C(NCCc1ccccc1)[C@@H](Cc1ccccc1)N(Cc1ccc(Cl)cc1)C(=O)CCc1ccc(S(=O)(=O)N2CCCC2)cc1. The Morgan fingerprint density at radius 3 is 1.93 bits per heavy atom. The lowest BCUT2D eigenvalue weighted by Crippen LogP contribution is -2.50. The van der Waals surface area contributed by atoms with Crippen molar-refractivity contribution < 1.29 is 18.0 Å². The molecule has 1 aliphatic heterocycles. The average Bonchev–Trinajstić information content (AvgIpc) is 3.64. The van der Waals surface area contributed by atoms with Crippen LogP contribution in [0.1, 0.15) is 41.5 Å². The molecule has 1 saturated heterocycles.